The molecule has 1 aromatic rings. The van der Waals surface area contributed by atoms with E-state index in [1.165, 1.54) is 6.92 Å². The summed E-state index contributed by atoms with van der Waals surface area (Å²) < 4.78 is 11.4. The summed E-state index contributed by atoms with van der Waals surface area (Å²) in [5, 5.41) is 0. The van der Waals surface area contributed by atoms with Crippen LogP contribution in [0, 0.1) is 5.92 Å². The van der Waals surface area contributed by atoms with Crippen molar-refractivity contribution in [2.45, 2.75) is 51.2 Å². The van der Waals surface area contributed by atoms with Gasteiger partial charge in [0.05, 0.1) is 5.56 Å². The summed E-state index contributed by atoms with van der Waals surface area (Å²) in [7, 11) is 0. The van der Waals surface area contributed by atoms with Gasteiger partial charge in [0, 0.05) is 19.3 Å². The van der Waals surface area contributed by atoms with Gasteiger partial charge in [0.15, 0.2) is 11.4 Å². The second-order valence-corrected chi connectivity index (χ2v) is 6.87. The number of esters is 2. The number of ether oxygens (including phenoxy) is 2. The van der Waals surface area contributed by atoms with Crippen LogP contribution >= 0.6 is 0 Å². The molecule has 0 amide bonds. The molecule has 0 aromatic heterocycles. The van der Waals surface area contributed by atoms with Crippen LogP contribution in [0.15, 0.2) is 42.0 Å². The van der Waals surface area contributed by atoms with Crippen molar-refractivity contribution in [3.63, 3.8) is 0 Å². The molecule has 2 aliphatic rings. The van der Waals surface area contributed by atoms with Crippen LogP contribution in [-0.4, -0.2) is 29.4 Å². The van der Waals surface area contributed by atoms with Crippen molar-refractivity contribution >= 4 is 17.7 Å². The lowest BCUT2D eigenvalue weighted by molar-refractivity contribution is -0.176. The zero-order chi connectivity index (χ0) is 18.0. The first-order chi connectivity index (χ1) is 11.9. The average Bonchev–Trinajstić information content (AvgIpc) is 2.90. The van der Waals surface area contributed by atoms with Gasteiger partial charge >= 0.3 is 11.9 Å². The molecule has 3 atom stereocenters. The van der Waals surface area contributed by atoms with Crippen LogP contribution in [0.2, 0.25) is 0 Å². The minimum Gasteiger partial charge on any atom is -0.455 e. The molecule has 0 unspecified atom stereocenters. The molecule has 5 heteroatoms. The Balaban J connectivity index is 1.90. The van der Waals surface area contributed by atoms with E-state index in [2.05, 4.69) is 0 Å². The summed E-state index contributed by atoms with van der Waals surface area (Å²) in [6, 6.07) is 8.74. The number of ketones is 1. The Morgan fingerprint density at radius 1 is 1.20 bits per heavy atom. The van der Waals surface area contributed by atoms with Gasteiger partial charge in [-0.1, -0.05) is 23.8 Å². The summed E-state index contributed by atoms with van der Waals surface area (Å²) in [4.78, 5) is 36.2. The van der Waals surface area contributed by atoms with Gasteiger partial charge in [-0.05, 0) is 44.4 Å². The van der Waals surface area contributed by atoms with E-state index >= 15 is 0 Å². The summed E-state index contributed by atoms with van der Waals surface area (Å²) in [6.45, 7) is 3.12. The third kappa shape index (κ3) is 3.50. The first-order valence-corrected chi connectivity index (χ1v) is 8.59. The molecular weight excluding hydrogens is 320 g/mol. The van der Waals surface area contributed by atoms with Crippen LogP contribution in [0.5, 0.6) is 0 Å². The number of fused-ring (bicyclic) bond motifs is 1. The zero-order valence-corrected chi connectivity index (χ0v) is 14.5. The van der Waals surface area contributed by atoms with Crippen molar-refractivity contribution < 1.29 is 23.9 Å². The topological polar surface area (TPSA) is 69.7 Å². The lowest BCUT2D eigenvalue weighted by Gasteiger charge is -2.39. The molecule has 0 radical (unpaired) electrons. The fourth-order valence-electron chi connectivity index (χ4n) is 3.91. The molecule has 1 saturated carbocycles. The van der Waals surface area contributed by atoms with Crippen LogP contribution in [0.4, 0.5) is 0 Å². The van der Waals surface area contributed by atoms with Crippen molar-refractivity contribution in [3.05, 3.63) is 47.5 Å². The third-order valence-corrected chi connectivity index (χ3v) is 5.08. The van der Waals surface area contributed by atoms with Crippen LogP contribution in [0.3, 0.4) is 0 Å². The maximum Gasteiger partial charge on any atom is 0.338 e. The first-order valence-electron chi connectivity index (χ1n) is 8.59. The van der Waals surface area contributed by atoms with Gasteiger partial charge in [-0.25, -0.2) is 4.79 Å². The quantitative estimate of drug-likeness (QED) is 0.789. The average molecular weight is 342 g/mol. The molecule has 0 N–H and O–H groups in total. The normalized spacial score (nSPS) is 28.6. The molecule has 0 saturated heterocycles. The van der Waals surface area contributed by atoms with Crippen molar-refractivity contribution in [2.75, 3.05) is 0 Å². The largest absolute Gasteiger partial charge is 0.455 e. The minimum atomic E-state index is -1.04. The molecule has 5 nitrogen and oxygen atoms in total. The number of carbonyl (C=O) groups is 3. The van der Waals surface area contributed by atoms with Crippen molar-refractivity contribution in [1.29, 1.82) is 0 Å². The predicted molar refractivity (Wildman–Crippen MR) is 90.9 cm³/mol. The van der Waals surface area contributed by atoms with Crippen molar-refractivity contribution in [3.8, 4) is 0 Å². The first kappa shape index (κ1) is 17.4. The Morgan fingerprint density at radius 2 is 1.92 bits per heavy atom. The molecular formula is C20H22O5. The highest BCUT2D eigenvalue weighted by molar-refractivity contribution is 5.94. The fourth-order valence-corrected chi connectivity index (χ4v) is 3.91. The van der Waals surface area contributed by atoms with Crippen LogP contribution in [0.25, 0.3) is 0 Å². The van der Waals surface area contributed by atoms with E-state index in [0.717, 1.165) is 18.4 Å². The van der Waals surface area contributed by atoms with Gasteiger partial charge in [0.2, 0.25) is 0 Å². The standard InChI is InChI=1S/C20H22O5/c1-13(21)25-20(2)17-12-16(22)11-15(17)9-6-10-18(20)24-19(23)14-7-4-3-5-8-14/h3-5,7-8,11,17-18H,6,9-10,12H2,1-2H3/t17-,18+,20+/m1/s1. The smallest absolute Gasteiger partial charge is 0.338 e. The highest BCUT2D eigenvalue weighted by Gasteiger charge is 2.51. The second kappa shape index (κ2) is 6.82. The second-order valence-electron chi connectivity index (χ2n) is 6.87. The van der Waals surface area contributed by atoms with Crippen LogP contribution in [-0.2, 0) is 19.1 Å². The van der Waals surface area contributed by atoms with Crippen LogP contribution in [0.1, 0.15) is 49.9 Å². The SMILES string of the molecule is CC(=O)O[C@]1(C)[C@@H](OC(=O)c2ccccc2)CCCC2=CC(=O)C[C@H]21. The van der Waals surface area contributed by atoms with E-state index in [1.807, 2.05) is 6.07 Å². The molecule has 1 fully saturated rings. The van der Waals surface area contributed by atoms with E-state index in [9.17, 15) is 14.4 Å². The zero-order valence-electron chi connectivity index (χ0n) is 14.5. The van der Waals surface area contributed by atoms with E-state index < -0.39 is 23.6 Å². The number of rotatable bonds is 3. The van der Waals surface area contributed by atoms with Gasteiger partial charge in [-0.3, -0.25) is 9.59 Å². The van der Waals surface area contributed by atoms with Gasteiger partial charge in [-0.15, -0.1) is 0 Å². The lowest BCUT2D eigenvalue weighted by atomic mass is 9.80. The van der Waals surface area contributed by atoms with E-state index in [1.54, 1.807) is 37.3 Å². The van der Waals surface area contributed by atoms with Gasteiger partial charge in [0.25, 0.3) is 0 Å². The fraction of sp³-hybridized carbons (Fsp3) is 0.450. The van der Waals surface area contributed by atoms with Gasteiger partial charge < -0.3 is 9.47 Å². The molecule has 132 valence electrons. The highest BCUT2D eigenvalue weighted by Crippen LogP contribution is 2.45. The molecule has 0 heterocycles. The summed E-state index contributed by atoms with van der Waals surface area (Å²) in [5.41, 5.74) is 0.410. The van der Waals surface area contributed by atoms with E-state index in [-0.39, 0.29) is 11.7 Å². The number of carbonyl (C=O) groups excluding carboxylic acids is 3. The van der Waals surface area contributed by atoms with Gasteiger partial charge in [-0.2, -0.15) is 0 Å². The highest BCUT2D eigenvalue weighted by atomic mass is 16.6. The Hall–Kier alpha value is -2.43. The van der Waals surface area contributed by atoms with Crippen LogP contribution < -0.4 is 0 Å². The molecule has 2 aliphatic carbocycles. The Bertz CT molecular complexity index is 721. The molecule has 1 aromatic carbocycles. The summed E-state index contributed by atoms with van der Waals surface area (Å²) in [5.74, 6) is -1.09. The summed E-state index contributed by atoms with van der Waals surface area (Å²) >= 11 is 0. The maximum atomic E-state index is 12.5. The maximum absolute atomic E-state index is 12.5. The lowest BCUT2D eigenvalue weighted by Crippen LogP contribution is -2.50. The molecule has 3 rings (SSSR count). The summed E-state index contributed by atoms with van der Waals surface area (Å²) in [6.07, 6.45) is 3.48. The molecule has 0 aliphatic heterocycles. The number of hydrogen-bond acceptors (Lipinski definition) is 5. The Labute approximate surface area is 147 Å². The van der Waals surface area contributed by atoms with E-state index in [4.69, 9.17) is 9.47 Å². The van der Waals surface area contributed by atoms with Crippen molar-refractivity contribution in [2.24, 2.45) is 5.92 Å². The minimum absolute atomic E-state index is 0.0356. The van der Waals surface area contributed by atoms with Gasteiger partial charge in [0.1, 0.15) is 6.10 Å². The Kier molecular flexibility index (Phi) is 4.75. The third-order valence-electron chi connectivity index (χ3n) is 5.08. The number of benzene rings is 1. The molecule has 25 heavy (non-hydrogen) atoms. The molecule has 0 spiro atoms. The van der Waals surface area contributed by atoms with Crippen molar-refractivity contribution in [1.82, 2.24) is 0 Å². The predicted octanol–water partition coefficient (Wildman–Crippen LogP) is 3.23. The number of allylic oxidation sites excluding steroid dienone is 1. The monoisotopic (exact) mass is 342 g/mol. The molecule has 0 bridgehead atoms. The Morgan fingerprint density at radius 3 is 2.60 bits per heavy atom. The van der Waals surface area contributed by atoms with E-state index in [0.29, 0.717) is 18.4 Å². The number of hydrogen-bond donors (Lipinski definition) is 0.